The van der Waals surface area contributed by atoms with Crippen molar-refractivity contribution in [1.29, 1.82) is 0 Å². The average Bonchev–Trinajstić information content (AvgIpc) is 2.16. The Bertz CT molecular complexity index is 310. The molecule has 5 heteroatoms. The number of carbonyl (C=O) groups is 1. The Kier molecular flexibility index (Phi) is 3.91. The van der Waals surface area contributed by atoms with Gasteiger partial charge in [0.2, 0.25) is 0 Å². The fourth-order valence-corrected chi connectivity index (χ4v) is 1.05. The van der Waals surface area contributed by atoms with Crippen molar-refractivity contribution in [2.24, 2.45) is 5.73 Å². The Balaban J connectivity index is 2.46. The normalized spacial score (nSPS) is 11.9. The first-order valence-electron chi connectivity index (χ1n) is 4.16. The first-order chi connectivity index (χ1) is 6.59. The number of nitrogens with two attached hydrogens (primary N) is 1. The van der Waals surface area contributed by atoms with Crippen LogP contribution in [-0.4, -0.2) is 11.9 Å². The Hall–Kier alpha value is -1.07. The molecule has 0 heterocycles. The summed E-state index contributed by atoms with van der Waals surface area (Å²) in [6.07, 6.45) is 0. The number of rotatable bonds is 3. The lowest BCUT2D eigenvalue weighted by Crippen LogP contribution is -2.41. The van der Waals surface area contributed by atoms with Crippen molar-refractivity contribution in [2.45, 2.75) is 13.0 Å². The number of halogens is 1. The van der Waals surface area contributed by atoms with E-state index in [2.05, 4.69) is 26.8 Å². The van der Waals surface area contributed by atoms with Gasteiger partial charge in [-0.05, 0) is 31.2 Å². The van der Waals surface area contributed by atoms with Gasteiger partial charge in [-0.25, -0.2) is 0 Å². The molecule has 14 heavy (non-hydrogen) atoms. The van der Waals surface area contributed by atoms with Crippen LogP contribution in [0.25, 0.3) is 0 Å². The van der Waals surface area contributed by atoms with Crippen LogP contribution in [0.5, 0.6) is 0 Å². The summed E-state index contributed by atoms with van der Waals surface area (Å²) < 4.78 is 0.988. The molecule has 1 atom stereocenters. The molecule has 0 bridgehead atoms. The molecule has 0 spiro atoms. The molecule has 0 fully saturated rings. The van der Waals surface area contributed by atoms with E-state index < -0.39 is 6.04 Å². The molecule has 0 aliphatic carbocycles. The lowest BCUT2D eigenvalue weighted by molar-refractivity contribution is -0.121. The van der Waals surface area contributed by atoms with Gasteiger partial charge in [-0.1, -0.05) is 15.9 Å². The molecule has 1 amide bonds. The molecule has 4 nitrogen and oxygen atoms in total. The average molecular weight is 258 g/mol. The fourth-order valence-electron chi connectivity index (χ4n) is 0.781. The summed E-state index contributed by atoms with van der Waals surface area (Å²) in [4.78, 5) is 11.1. The second kappa shape index (κ2) is 4.97. The third-order valence-electron chi connectivity index (χ3n) is 1.59. The van der Waals surface area contributed by atoms with Gasteiger partial charge < -0.3 is 5.73 Å². The summed E-state index contributed by atoms with van der Waals surface area (Å²) >= 11 is 3.31. The van der Waals surface area contributed by atoms with E-state index in [4.69, 9.17) is 5.73 Å². The van der Waals surface area contributed by atoms with E-state index in [1.165, 1.54) is 0 Å². The highest BCUT2D eigenvalue weighted by atomic mass is 79.9. The number of anilines is 1. The van der Waals surface area contributed by atoms with E-state index in [0.717, 1.165) is 10.2 Å². The first-order valence-corrected chi connectivity index (χ1v) is 4.96. The van der Waals surface area contributed by atoms with Crippen LogP contribution < -0.4 is 16.6 Å². The zero-order valence-electron chi connectivity index (χ0n) is 7.75. The molecule has 0 radical (unpaired) electrons. The molecule has 76 valence electrons. The maximum absolute atomic E-state index is 11.1. The van der Waals surface area contributed by atoms with Crippen molar-refractivity contribution in [3.63, 3.8) is 0 Å². The highest BCUT2D eigenvalue weighted by Gasteiger charge is 2.05. The molecule has 0 saturated carbocycles. The number of hydrogen-bond donors (Lipinski definition) is 3. The van der Waals surface area contributed by atoms with Crippen molar-refractivity contribution in [3.05, 3.63) is 28.7 Å². The van der Waals surface area contributed by atoms with Gasteiger partial charge in [0, 0.05) is 4.47 Å². The van der Waals surface area contributed by atoms with Gasteiger partial charge in [-0.2, -0.15) is 0 Å². The van der Waals surface area contributed by atoms with Crippen LogP contribution in [0.15, 0.2) is 28.7 Å². The number of carbonyl (C=O) groups excluding carboxylic acids is 1. The van der Waals surface area contributed by atoms with Crippen LogP contribution in [0.2, 0.25) is 0 Å². The lowest BCUT2D eigenvalue weighted by atomic mass is 10.3. The van der Waals surface area contributed by atoms with Gasteiger partial charge >= 0.3 is 0 Å². The van der Waals surface area contributed by atoms with Gasteiger partial charge in [-0.3, -0.25) is 15.6 Å². The summed E-state index contributed by atoms with van der Waals surface area (Å²) in [6.45, 7) is 1.62. The van der Waals surface area contributed by atoms with Gasteiger partial charge in [0.15, 0.2) is 0 Å². The molecular weight excluding hydrogens is 246 g/mol. The Morgan fingerprint density at radius 1 is 1.43 bits per heavy atom. The summed E-state index contributed by atoms with van der Waals surface area (Å²) in [6, 6.07) is 6.91. The monoisotopic (exact) mass is 257 g/mol. The second-order valence-corrected chi connectivity index (χ2v) is 3.83. The Morgan fingerprint density at radius 3 is 2.50 bits per heavy atom. The quantitative estimate of drug-likeness (QED) is 0.714. The number of nitrogens with one attached hydrogen (secondary N) is 2. The number of benzene rings is 1. The number of hydrogen-bond acceptors (Lipinski definition) is 3. The first kappa shape index (κ1) is 11.0. The highest BCUT2D eigenvalue weighted by Crippen LogP contribution is 2.12. The minimum absolute atomic E-state index is 0.243. The van der Waals surface area contributed by atoms with Crippen molar-refractivity contribution < 1.29 is 4.79 Å². The summed E-state index contributed by atoms with van der Waals surface area (Å²) in [5, 5.41) is 0. The van der Waals surface area contributed by atoms with E-state index >= 15 is 0 Å². The molecule has 1 aromatic rings. The molecule has 0 aromatic heterocycles. The SMILES string of the molecule is C[C@@H](N)C(=O)NNc1ccc(Br)cc1. The van der Waals surface area contributed by atoms with E-state index in [-0.39, 0.29) is 5.91 Å². The zero-order chi connectivity index (χ0) is 10.6. The van der Waals surface area contributed by atoms with Crippen LogP contribution in [0.3, 0.4) is 0 Å². The molecule has 0 unspecified atom stereocenters. The Morgan fingerprint density at radius 2 is 2.00 bits per heavy atom. The van der Waals surface area contributed by atoms with Crippen molar-refractivity contribution in [2.75, 3.05) is 5.43 Å². The molecule has 0 saturated heterocycles. The second-order valence-electron chi connectivity index (χ2n) is 2.91. The predicted molar refractivity (Wildman–Crippen MR) is 59.6 cm³/mol. The Labute approximate surface area is 91.0 Å². The standard InChI is InChI=1S/C9H12BrN3O/c1-6(11)9(14)13-12-8-4-2-7(10)3-5-8/h2-6,12H,11H2,1H3,(H,13,14)/t6-/m1/s1. The van der Waals surface area contributed by atoms with E-state index in [0.29, 0.717) is 0 Å². The third kappa shape index (κ3) is 3.35. The van der Waals surface area contributed by atoms with Gasteiger partial charge in [-0.15, -0.1) is 0 Å². The van der Waals surface area contributed by atoms with Gasteiger partial charge in [0.05, 0.1) is 11.7 Å². The summed E-state index contributed by atoms with van der Waals surface area (Å²) in [7, 11) is 0. The van der Waals surface area contributed by atoms with Crippen molar-refractivity contribution in [3.8, 4) is 0 Å². The highest BCUT2D eigenvalue weighted by molar-refractivity contribution is 9.10. The van der Waals surface area contributed by atoms with Crippen LogP contribution >= 0.6 is 15.9 Å². The smallest absolute Gasteiger partial charge is 0.254 e. The summed E-state index contributed by atoms with van der Waals surface area (Å²) in [5.41, 5.74) is 11.4. The maximum atomic E-state index is 11.1. The van der Waals surface area contributed by atoms with Crippen molar-refractivity contribution >= 4 is 27.5 Å². The van der Waals surface area contributed by atoms with E-state index in [9.17, 15) is 4.79 Å². The minimum Gasteiger partial charge on any atom is -0.320 e. The van der Waals surface area contributed by atoms with Gasteiger partial charge in [0.1, 0.15) is 0 Å². The molecule has 4 N–H and O–H groups in total. The topological polar surface area (TPSA) is 67.2 Å². The molecule has 0 aliphatic heterocycles. The van der Waals surface area contributed by atoms with Crippen LogP contribution in [0.4, 0.5) is 5.69 Å². The maximum Gasteiger partial charge on any atom is 0.254 e. The molecular formula is C9H12BrN3O. The number of amides is 1. The largest absolute Gasteiger partial charge is 0.320 e. The zero-order valence-corrected chi connectivity index (χ0v) is 9.34. The molecule has 1 rings (SSSR count). The van der Waals surface area contributed by atoms with Crippen LogP contribution in [0, 0.1) is 0 Å². The third-order valence-corrected chi connectivity index (χ3v) is 2.12. The van der Waals surface area contributed by atoms with Crippen LogP contribution in [0.1, 0.15) is 6.92 Å². The van der Waals surface area contributed by atoms with Crippen molar-refractivity contribution in [1.82, 2.24) is 5.43 Å². The van der Waals surface area contributed by atoms with Crippen LogP contribution in [-0.2, 0) is 4.79 Å². The van der Waals surface area contributed by atoms with E-state index in [1.54, 1.807) is 6.92 Å². The summed E-state index contributed by atoms with van der Waals surface area (Å²) in [5.74, 6) is -0.243. The molecule has 1 aromatic carbocycles. The van der Waals surface area contributed by atoms with E-state index in [1.807, 2.05) is 24.3 Å². The molecule has 0 aliphatic rings. The lowest BCUT2D eigenvalue weighted by Gasteiger charge is -2.10. The minimum atomic E-state index is -0.516. The predicted octanol–water partition coefficient (Wildman–Crippen LogP) is 1.24. The fraction of sp³-hybridized carbons (Fsp3) is 0.222. The number of hydrazine groups is 1. The van der Waals surface area contributed by atoms with Gasteiger partial charge in [0.25, 0.3) is 5.91 Å².